The minimum absolute atomic E-state index is 0.101. The number of nitrogens with zero attached hydrogens (tertiary/aromatic N) is 1. The summed E-state index contributed by atoms with van der Waals surface area (Å²) in [5.74, 6) is 0. The summed E-state index contributed by atoms with van der Waals surface area (Å²) in [6, 6.07) is 4.02. The van der Waals surface area contributed by atoms with Crippen LogP contribution in [0.1, 0.15) is 4.88 Å². The number of thiophene rings is 1. The molecule has 0 bridgehead atoms. The largest absolute Gasteiger partial charge is 0.307 e. The Bertz CT molecular complexity index is 456. The Morgan fingerprint density at radius 3 is 2.85 bits per heavy atom. The van der Waals surface area contributed by atoms with Crippen LogP contribution in [0.4, 0.5) is 0 Å². The third-order valence-corrected chi connectivity index (χ3v) is 3.90. The fourth-order valence-corrected chi connectivity index (χ4v) is 3.08. The molecule has 13 heavy (non-hydrogen) atoms. The molecule has 0 amide bonds. The highest BCUT2D eigenvalue weighted by atomic mass is 79.9. The van der Waals surface area contributed by atoms with Crippen LogP contribution in [0.25, 0.3) is 0 Å². The zero-order chi connectivity index (χ0) is 9.26. The van der Waals surface area contributed by atoms with Crippen LogP contribution in [0.2, 0.25) is 0 Å². The Hall–Kier alpha value is -0.390. The highest BCUT2D eigenvalue weighted by molar-refractivity contribution is 9.11. The van der Waals surface area contributed by atoms with Crippen molar-refractivity contribution in [2.75, 3.05) is 0 Å². The smallest absolute Gasteiger partial charge is 0.301 e. The van der Waals surface area contributed by atoms with Gasteiger partial charge in [-0.3, -0.25) is 4.79 Å². The number of rotatable bonds is 2. The summed E-state index contributed by atoms with van der Waals surface area (Å²) in [6.45, 7) is 0.679. The quantitative estimate of drug-likeness (QED) is 0.826. The average Bonchev–Trinajstić information content (AvgIpc) is 2.64. The van der Waals surface area contributed by atoms with Crippen LogP contribution in [-0.4, -0.2) is 4.57 Å². The summed E-state index contributed by atoms with van der Waals surface area (Å²) < 4.78 is 2.81. The van der Waals surface area contributed by atoms with Crippen molar-refractivity contribution in [2.45, 2.75) is 6.54 Å². The van der Waals surface area contributed by atoms with Crippen LogP contribution < -0.4 is 4.87 Å². The highest BCUT2D eigenvalue weighted by Crippen LogP contribution is 2.22. The van der Waals surface area contributed by atoms with E-state index >= 15 is 0 Å². The third kappa shape index (κ3) is 2.10. The second-order valence-corrected chi connectivity index (χ2v) is 5.91. The molecule has 5 heteroatoms. The molecule has 2 heterocycles. The van der Waals surface area contributed by atoms with Gasteiger partial charge in [0.25, 0.3) is 0 Å². The van der Waals surface area contributed by atoms with Crippen molar-refractivity contribution < 1.29 is 0 Å². The van der Waals surface area contributed by atoms with Gasteiger partial charge in [-0.2, -0.15) is 0 Å². The van der Waals surface area contributed by atoms with Gasteiger partial charge < -0.3 is 4.57 Å². The first-order valence-electron chi connectivity index (χ1n) is 3.64. The highest BCUT2D eigenvalue weighted by Gasteiger charge is 2.00. The first-order valence-corrected chi connectivity index (χ1v) is 6.13. The normalized spacial score (nSPS) is 10.5. The van der Waals surface area contributed by atoms with Crippen LogP contribution >= 0.6 is 38.6 Å². The molecule has 0 spiro atoms. The van der Waals surface area contributed by atoms with Crippen molar-refractivity contribution in [3.63, 3.8) is 0 Å². The van der Waals surface area contributed by atoms with E-state index in [1.165, 1.54) is 16.2 Å². The molecule has 0 atom stereocenters. The summed E-state index contributed by atoms with van der Waals surface area (Å²) in [5.41, 5.74) is 0. The molecule has 2 aromatic heterocycles. The Labute approximate surface area is 91.6 Å². The second-order valence-electron chi connectivity index (χ2n) is 2.50. The predicted molar refractivity (Wildman–Crippen MR) is 59.7 cm³/mol. The minimum Gasteiger partial charge on any atom is -0.301 e. The summed E-state index contributed by atoms with van der Waals surface area (Å²) in [7, 11) is 0. The molecule has 0 fully saturated rings. The Morgan fingerprint density at radius 1 is 1.46 bits per heavy atom. The Morgan fingerprint density at radius 2 is 2.31 bits per heavy atom. The van der Waals surface area contributed by atoms with E-state index in [2.05, 4.69) is 15.9 Å². The summed E-state index contributed by atoms with van der Waals surface area (Å²) in [6.07, 6.45) is 1.82. The van der Waals surface area contributed by atoms with Crippen LogP contribution in [0.15, 0.2) is 32.3 Å². The van der Waals surface area contributed by atoms with E-state index < -0.39 is 0 Å². The van der Waals surface area contributed by atoms with Crippen molar-refractivity contribution in [1.82, 2.24) is 4.57 Å². The molecule has 0 unspecified atom stereocenters. The maximum absolute atomic E-state index is 11.2. The van der Waals surface area contributed by atoms with E-state index in [0.717, 1.165) is 3.79 Å². The standard InChI is InChI=1S/C8H6BrNOS2/c9-7-2-1-6(13-7)5-10-3-4-12-8(10)11/h1-4H,5H2. The van der Waals surface area contributed by atoms with Gasteiger partial charge >= 0.3 is 4.87 Å². The lowest BCUT2D eigenvalue weighted by molar-refractivity contribution is 0.796. The van der Waals surface area contributed by atoms with Crippen LogP contribution in [0.3, 0.4) is 0 Å². The average molecular weight is 276 g/mol. The number of aromatic nitrogens is 1. The molecule has 2 aromatic rings. The zero-order valence-corrected chi connectivity index (χ0v) is 9.79. The maximum Gasteiger partial charge on any atom is 0.307 e. The fourth-order valence-electron chi connectivity index (χ4n) is 1.01. The van der Waals surface area contributed by atoms with E-state index in [1.807, 2.05) is 23.7 Å². The monoisotopic (exact) mass is 275 g/mol. The molecule has 0 saturated heterocycles. The van der Waals surface area contributed by atoms with Gasteiger partial charge in [0.15, 0.2) is 0 Å². The number of hydrogen-bond donors (Lipinski definition) is 0. The number of halogens is 1. The number of thiazole rings is 1. The van der Waals surface area contributed by atoms with E-state index in [9.17, 15) is 4.79 Å². The molecule has 0 aliphatic heterocycles. The molecular weight excluding hydrogens is 270 g/mol. The Kier molecular flexibility index (Phi) is 2.66. The van der Waals surface area contributed by atoms with Crippen LogP contribution in [0, 0.1) is 0 Å². The zero-order valence-electron chi connectivity index (χ0n) is 6.57. The van der Waals surface area contributed by atoms with Gasteiger partial charge in [-0.25, -0.2) is 0 Å². The lowest BCUT2D eigenvalue weighted by Crippen LogP contribution is -2.11. The molecule has 0 N–H and O–H groups in total. The van der Waals surface area contributed by atoms with Crippen LogP contribution in [0.5, 0.6) is 0 Å². The number of hydrogen-bond acceptors (Lipinski definition) is 3. The van der Waals surface area contributed by atoms with E-state index in [0.29, 0.717) is 6.54 Å². The van der Waals surface area contributed by atoms with Gasteiger partial charge in [-0.05, 0) is 28.1 Å². The molecular formula is C8H6BrNOS2. The summed E-state index contributed by atoms with van der Waals surface area (Å²) in [5, 5.41) is 1.81. The minimum atomic E-state index is 0.101. The third-order valence-electron chi connectivity index (χ3n) is 1.60. The molecule has 68 valence electrons. The van der Waals surface area contributed by atoms with E-state index in [-0.39, 0.29) is 4.87 Å². The lowest BCUT2D eigenvalue weighted by Gasteiger charge is -1.95. The molecule has 0 aliphatic carbocycles. The molecule has 2 nitrogen and oxygen atoms in total. The van der Waals surface area contributed by atoms with E-state index in [4.69, 9.17) is 0 Å². The predicted octanol–water partition coefficient (Wildman–Crippen LogP) is 2.78. The van der Waals surface area contributed by atoms with Crippen molar-refractivity contribution >= 4 is 38.6 Å². The summed E-state index contributed by atoms with van der Waals surface area (Å²) >= 11 is 6.28. The van der Waals surface area contributed by atoms with Crippen molar-refractivity contribution in [1.29, 1.82) is 0 Å². The summed E-state index contributed by atoms with van der Waals surface area (Å²) in [4.78, 5) is 12.5. The molecule has 0 radical (unpaired) electrons. The van der Waals surface area contributed by atoms with Gasteiger partial charge in [-0.15, -0.1) is 11.3 Å². The van der Waals surface area contributed by atoms with Gasteiger partial charge in [0.05, 0.1) is 10.3 Å². The van der Waals surface area contributed by atoms with Gasteiger partial charge in [0.2, 0.25) is 0 Å². The fraction of sp³-hybridized carbons (Fsp3) is 0.125. The SMILES string of the molecule is O=c1sccn1Cc1ccc(Br)s1. The second kappa shape index (κ2) is 3.77. The maximum atomic E-state index is 11.2. The van der Waals surface area contributed by atoms with E-state index in [1.54, 1.807) is 15.9 Å². The molecule has 0 aliphatic rings. The molecule has 0 aromatic carbocycles. The lowest BCUT2D eigenvalue weighted by atomic mass is 10.5. The first kappa shape index (κ1) is 9.18. The van der Waals surface area contributed by atoms with Crippen molar-refractivity contribution in [3.05, 3.63) is 42.0 Å². The van der Waals surface area contributed by atoms with Crippen LogP contribution in [-0.2, 0) is 6.54 Å². The van der Waals surface area contributed by atoms with Crippen molar-refractivity contribution in [2.24, 2.45) is 0 Å². The van der Waals surface area contributed by atoms with Gasteiger partial charge in [-0.1, -0.05) is 11.3 Å². The van der Waals surface area contributed by atoms with Gasteiger partial charge in [0, 0.05) is 16.5 Å². The Balaban J connectivity index is 2.24. The van der Waals surface area contributed by atoms with Crippen molar-refractivity contribution in [3.8, 4) is 0 Å². The molecule has 0 saturated carbocycles. The molecule has 2 rings (SSSR count). The van der Waals surface area contributed by atoms with Gasteiger partial charge in [0.1, 0.15) is 0 Å². The topological polar surface area (TPSA) is 22.0 Å². The first-order chi connectivity index (χ1) is 6.25.